The summed E-state index contributed by atoms with van der Waals surface area (Å²) in [5.41, 5.74) is 3.19. The van der Waals surface area contributed by atoms with Gasteiger partial charge in [0.1, 0.15) is 15.8 Å². The lowest BCUT2D eigenvalue weighted by Crippen LogP contribution is -2.21. The van der Waals surface area contributed by atoms with Crippen molar-refractivity contribution in [2.45, 2.75) is 44.9 Å². The zero-order chi connectivity index (χ0) is 22.1. The molecule has 0 N–H and O–H groups in total. The van der Waals surface area contributed by atoms with Gasteiger partial charge in [-0.3, -0.25) is 4.98 Å². The summed E-state index contributed by atoms with van der Waals surface area (Å²) in [6.07, 6.45) is 7.47. The van der Waals surface area contributed by atoms with Gasteiger partial charge in [-0.15, -0.1) is 10.2 Å². The average molecular weight is 466 g/mol. The van der Waals surface area contributed by atoms with E-state index in [0.29, 0.717) is 17.8 Å². The summed E-state index contributed by atoms with van der Waals surface area (Å²) in [7, 11) is 0. The molecule has 5 rings (SSSR count). The van der Waals surface area contributed by atoms with Gasteiger partial charge in [-0.2, -0.15) is 0 Å². The molecular formula is C26H25ClFN3S. The lowest BCUT2D eigenvalue weighted by atomic mass is 9.73. The van der Waals surface area contributed by atoms with Gasteiger partial charge in [0.05, 0.1) is 5.52 Å². The molecule has 0 saturated heterocycles. The molecule has 0 aliphatic heterocycles. The van der Waals surface area contributed by atoms with Gasteiger partial charge < -0.3 is 0 Å². The predicted octanol–water partition coefficient (Wildman–Crippen LogP) is 7.70. The fraction of sp³-hybridized carbons (Fsp3) is 0.346. The summed E-state index contributed by atoms with van der Waals surface area (Å²) >= 11 is 7.67. The Morgan fingerprint density at radius 3 is 2.59 bits per heavy atom. The standard InChI is InChI=1S/C26H25ClFN3S/c1-16(14-25-30-31-26(32-25)19-6-8-20(27)9-7-19)17-2-4-18(5-3-17)22-12-13-29-24-11-10-21(28)15-23(22)24/h6-13,15-18H,2-5,14H2,1H3/t16-,17?,18?/m0/s1. The zero-order valence-corrected chi connectivity index (χ0v) is 19.5. The molecule has 0 spiro atoms. The Labute approximate surface area is 196 Å². The number of hydrogen-bond donors (Lipinski definition) is 0. The van der Waals surface area contributed by atoms with Crippen LogP contribution in [-0.4, -0.2) is 15.2 Å². The molecule has 1 aliphatic carbocycles. The Morgan fingerprint density at radius 1 is 1.03 bits per heavy atom. The topological polar surface area (TPSA) is 38.7 Å². The lowest BCUT2D eigenvalue weighted by molar-refractivity contribution is 0.244. The monoisotopic (exact) mass is 465 g/mol. The van der Waals surface area contributed by atoms with Crippen molar-refractivity contribution in [3.8, 4) is 10.6 Å². The third-order valence-electron chi connectivity index (χ3n) is 6.81. The summed E-state index contributed by atoms with van der Waals surface area (Å²) in [6.45, 7) is 2.34. The first-order chi connectivity index (χ1) is 15.6. The van der Waals surface area contributed by atoms with E-state index >= 15 is 0 Å². The van der Waals surface area contributed by atoms with E-state index < -0.39 is 0 Å². The molecule has 32 heavy (non-hydrogen) atoms. The molecule has 6 heteroatoms. The van der Waals surface area contributed by atoms with E-state index in [9.17, 15) is 4.39 Å². The summed E-state index contributed by atoms with van der Waals surface area (Å²) in [4.78, 5) is 4.41. The average Bonchev–Trinajstić information content (AvgIpc) is 3.27. The van der Waals surface area contributed by atoms with Gasteiger partial charge in [0, 0.05) is 28.6 Å². The van der Waals surface area contributed by atoms with Crippen LogP contribution < -0.4 is 0 Å². The van der Waals surface area contributed by atoms with E-state index in [1.807, 2.05) is 30.5 Å². The van der Waals surface area contributed by atoms with Crippen molar-refractivity contribution in [2.75, 3.05) is 0 Å². The Morgan fingerprint density at radius 2 is 1.81 bits per heavy atom. The van der Waals surface area contributed by atoms with Crippen LogP contribution in [0.5, 0.6) is 0 Å². The molecule has 0 bridgehead atoms. The second kappa shape index (κ2) is 9.24. The van der Waals surface area contributed by atoms with Gasteiger partial charge in [-0.25, -0.2) is 4.39 Å². The predicted molar refractivity (Wildman–Crippen MR) is 130 cm³/mol. The van der Waals surface area contributed by atoms with Crippen LogP contribution in [0, 0.1) is 17.7 Å². The van der Waals surface area contributed by atoms with Gasteiger partial charge in [-0.1, -0.05) is 42.0 Å². The molecule has 0 amide bonds. The van der Waals surface area contributed by atoms with Crippen molar-refractivity contribution in [3.05, 3.63) is 76.1 Å². The fourth-order valence-electron chi connectivity index (χ4n) is 4.98. The van der Waals surface area contributed by atoms with Gasteiger partial charge in [0.15, 0.2) is 0 Å². The summed E-state index contributed by atoms with van der Waals surface area (Å²) in [6, 6.07) is 14.7. The minimum Gasteiger partial charge on any atom is -0.256 e. The van der Waals surface area contributed by atoms with Crippen LogP contribution in [0.2, 0.25) is 5.02 Å². The van der Waals surface area contributed by atoms with Crippen LogP contribution in [0.4, 0.5) is 4.39 Å². The number of benzene rings is 2. The zero-order valence-electron chi connectivity index (χ0n) is 18.0. The molecule has 0 radical (unpaired) electrons. The highest BCUT2D eigenvalue weighted by atomic mass is 35.5. The van der Waals surface area contributed by atoms with Crippen molar-refractivity contribution in [1.82, 2.24) is 15.2 Å². The van der Waals surface area contributed by atoms with Crippen LogP contribution >= 0.6 is 22.9 Å². The summed E-state index contributed by atoms with van der Waals surface area (Å²) in [5, 5.41) is 12.6. The van der Waals surface area contributed by atoms with Crippen LogP contribution in [0.25, 0.3) is 21.5 Å². The molecule has 1 aliphatic rings. The van der Waals surface area contributed by atoms with Gasteiger partial charge in [0.25, 0.3) is 0 Å². The maximum Gasteiger partial charge on any atom is 0.147 e. The van der Waals surface area contributed by atoms with Gasteiger partial charge in [-0.05, 0) is 85.4 Å². The van der Waals surface area contributed by atoms with Crippen molar-refractivity contribution in [2.24, 2.45) is 11.8 Å². The molecule has 2 aromatic heterocycles. The highest BCUT2D eigenvalue weighted by Gasteiger charge is 2.28. The smallest absolute Gasteiger partial charge is 0.147 e. The molecule has 0 unspecified atom stereocenters. The van der Waals surface area contributed by atoms with Crippen LogP contribution in [0.3, 0.4) is 0 Å². The van der Waals surface area contributed by atoms with Crippen LogP contribution in [-0.2, 0) is 6.42 Å². The molecule has 164 valence electrons. The summed E-state index contributed by atoms with van der Waals surface area (Å²) < 4.78 is 13.8. The van der Waals surface area contributed by atoms with Gasteiger partial charge in [0.2, 0.25) is 0 Å². The molecule has 4 aromatic rings. The molecule has 1 atom stereocenters. The fourth-order valence-corrected chi connectivity index (χ4v) is 6.09. The summed E-state index contributed by atoms with van der Waals surface area (Å²) in [5.74, 6) is 1.53. The molecular weight excluding hydrogens is 441 g/mol. The normalized spacial score (nSPS) is 19.8. The first kappa shape index (κ1) is 21.5. The van der Waals surface area contributed by atoms with Crippen molar-refractivity contribution < 1.29 is 4.39 Å². The number of pyridine rings is 1. The van der Waals surface area contributed by atoms with E-state index in [1.54, 1.807) is 23.5 Å². The minimum absolute atomic E-state index is 0.191. The Bertz CT molecular complexity index is 1220. The lowest BCUT2D eigenvalue weighted by Gasteiger charge is -2.32. The minimum atomic E-state index is -0.191. The van der Waals surface area contributed by atoms with E-state index in [2.05, 4.69) is 28.2 Å². The maximum atomic E-state index is 13.8. The van der Waals surface area contributed by atoms with Crippen molar-refractivity contribution in [3.63, 3.8) is 0 Å². The third-order valence-corrected chi connectivity index (χ3v) is 8.05. The largest absolute Gasteiger partial charge is 0.256 e. The number of rotatable bonds is 5. The molecule has 2 aromatic carbocycles. The van der Waals surface area contributed by atoms with E-state index in [1.165, 1.54) is 24.5 Å². The number of halogens is 2. The van der Waals surface area contributed by atoms with Gasteiger partial charge >= 0.3 is 0 Å². The highest BCUT2D eigenvalue weighted by Crippen LogP contribution is 2.41. The Kier molecular flexibility index (Phi) is 6.20. The Balaban J connectivity index is 1.22. The maximum absolute atomic E-state index is 13.8. The third kappa shape index (κ3) is 4.55. The van der Waals surface area contributed by atoms with Crippen molar-refractivity contribution >= 4 is 33.8 Å². The number of hydrogen-bond acceptors (Lipinski definition) is 4. The molecule has 2 heterocycles. The molecule has 1 saturated carbocycles. The first-order valence-electron chi connectivity index (χ1n) is 11.2. The number of fused-ring (bicyclic) bond motifs is 1. The van der Waals surface area contributed by atoms with E-state index in [-0.39, 0.29) is 5.82 Å². The van der Waals surface area contributed by atoms with E-state index in [0.717, 1.165) is 50.8 Å². The molecule has 3 nitrogen and oxygen atoms in total. The first-order valence-corrected chi connectivity index (χ1v) is 12.4. The van der Waals surface area contributed by atoms with E-state index in [4.69, 9.17) is 11.6 Å². The number of aromatic nitrogens is 3. The SMILES string of the molecule is C[C@@H](Cc1nnc(-c2ccc(Cl)cc2)s1)C1CCC(c2ccnc3ccc(F)cc23)CC1. The van der Waals surface area contributed by atoms with Crippen molar-refractivity contribution in [1.29, 1.82) is 0 Å². The van der Waals surface area contributed by atoms with Crippen LogP contribution in [0.15, 0.2) is 54.7 Å². The second-order valence-electron chi connectivity index (χ2n) is 8.86. The Hall–Kier alpha value is -2.37. The van der Waals surface area contributed by atoms with Crippen LogP contribution in [0.1, 0.15) is 49.1 Å². The quantitative estimate of drug-likeness (QED) is 0.303. The molecule has 1 fully saturated rings. The highest BCUT2D eigenvalue weighted by molar-refractivity contribution is 7.14. The second-order valence-corrected chi connectivity index (χ2v) is 10.4. The number of nitrogens with zero attached hydrogens (tertiary/aromatic N) is 3.